The van der Waals surface area contributed by atoms with Crippen LogP contribution in [0.4, 0.5) is 5.69 Å². The quantitative estimate of drug-likeness (QED) is 0.731. The third-order valence-corrected chi connectivity index (χ3v) is 3.69. The van der Waals surface area contributed by atoms with Crippen molar-refractivity contribution in [2.24, 2.45) is 11.8 Å². The average Bonchev–Trinajstić information content (AvgIpc) is 2.77. The van der Waals surface area contributed by atoms with Crippen molar-refractivity contribution >= 4 is 17.6 Å². The number of rotatable bonds is 3. The Labute approximate surface area is 111 Å². The lowest BCUT2D eigenvalue weighted by molar-refractivity contribution is -0.120. The van der Waals surface area contributed by atoms with E-state index in [0.29, 0.717) is 5.92 Å². The summed E-state index contributed by atoms with van der Waals surface area (Å²) in [6, 6.07) is 3.91. The van der Waals surface area contributed by atoms with E-state index in [-0.39, 0.29) is 28.8 Å². The van der Waals surface area contributed by atoms with E-state index in [2.05, 4.69) is 5.32 Å². The number of nitrogens with one attached hydrogen (secondary N) is 1. The van der Waals surface area contributed by atoms with Crippen LogP contribution in [0.2, 0.25) is 0 Å². The van der Waals surface area contributed by atoms with Gasteiger partial charge in [-0.3, -0.25) is 4.79 Å². The molecule has 2 atom stereocenters. The van der Waals surface area contributed by atoms with Crippen molar-refractivity contribution in [3.05, 3.63) is 23.8 Å². The van der Waals surface area contributed by atoms with Gasteiger partial charge in [0.05, 0.1) is 11.3 Å². The van der Waals surface area contributed by atoms with Crippen molar-refractivity contribution in [1.29, 1.82) is 0 Å². The van der Waals surface area contributed by atoms with Gasteiger partial charge in [-0.1, -0.05) is 13.3 Å². The molecule has 2 rings (SSSR count). The van der Waals surface area contributed by atoms with Crippen LogP contribution in [-0.4, -0.2) is 22.1 Å². The first-order valence-corrected chi connectivity index (χ1v) is 6.36. The average molecular weight is 263 g/mol. The van der Waals surface area contributed by atoms with Crippen molar-refractivity contribution in [2.75, 3.05) is 5.32 Å². The summed E-state index contributed by atoms with van der Waals surface area (Å²) in [5.41, 5.74) is 0.133. The molecule has 1 aliphatic rings. The number of carbonyl (C=O) groups excluding carboxylic acids is 1. The number of phenols is 1. The summed E-state index contributed by atoms with van der Waals surface area (Å²) >= 11 is 0. The van der Waals surface area contributed by atoms with Gasteiger partial charge in [-0.25, -0.2) is 4.79 Å². The minimum atomic E-state index is -1.18. The highest BCUT2D eigenvalue weighted by atomic mass is 16.4. The lowest BCUT2D eigenvalue weighted by atomic mass is 9.97. The van der Waals surface area contributed by atoms with Gasteiger partial charge >= 0.3 is 5.97 Å². The molecule has 0 heterocycles. The first kappa shape index (κ1) is 13.4. The van der Waals surface area contributed by atoms with Crippen molar-refractivity contribution in [1.82, 2.24) is 0 Å². The highest BCUT2D eigenvalue weighted by Crippen LogP contribution is 2.32. The molecule has 5 nitrogen and oxygen atoms in total. The Kier molecular flexibility index (Phi) is 3.74. The topological polar surface area (TPSA) is 86.6 Å². The molecule has 0 saturated heterocycles. The summed E-state index contributed by atoms with van der Waals surface area (Å²) in [6.07, 6.45) is 2.90. The fourth-order valence-electron chi connectivity index (χ4n) is 2.58. The van der Waals surface area contributed by atoms with Crippen LogP contribution in [0, 0.1) is 11.8 Å². The fraction of sp³-hybridized carbons (Fsp3) is 0.429. The highest BCUT2D eigenvalue weighted by Gasteiger charge is 2.30. The summed E-state index contributed by atoms with van der Waals surface area (Å²) in [7, 11) is 0. The van der Waals surface area contributed by atoms with Crippen molar-refractivity contribution in [2.45, 2.75) is 26.2 Å². The van der Waals surface area contributed by atoms with E-state index < -0.39 is 5.97 Å². The molecule has 1 aromatic carbocycles. The first-order chi connectivity index (χ1) is 8.99. The Morgan fingerprint density at radius 2 is 2.05 bits per heavy atom. The molecular weight excluding hydrogens is 246 g/mol. The van der Waals surface area contributed by atoms with Crippen LogP contribution < -0.4 is 5.32 Å². The summed E-state index contributed by atoms with van der Waals surface area (Å²) in [6.45, 7) is 2.03. The Hall–Kier alpha value is -2.04. The summed E-state index contributed by atoms with van der Waals surface area (Å²) < 4.78 is 0. The van der Waals surface area contributed by atoms with Gasteiger partial charge in [0.2, 0.25) is 5.91 Å². The molecule has 0 spiro atoms. The van der Waals surface area contributed by atoms with Crippen molar-refractivity contribution in [3.63, 3.8) is 0 Å². The Bertz CT molecular complexity index is 512. The van der Waals surface area contributed by atoms with Gasteiger partial charge in [-0.05, 0) is 37.0 Å². The van der Waals surface area contributed by atoms with Crippen LogP contribution in [0.3, 0.4) is 0 Å². The molecule has 2 unspecified atom stereocenters. The SMILES string of the molecule is CC1CCCC1C(=O)Nc1ccc(O)cc1C(=O)O. The van der Waals surface area contributed by atoms with Crippen LogP contribution in [-0.2, 0) is 4.79 Å². The van der Waals surface area contributed by atoms with Crippen molar-refractivity contribution < 1.29 is 19.8 Å². The molecular formula is C14H17NO4. The lowest BCUT2D eigenvalue weighted by Crippen LogP contribution is -2.25. The molecule has 3 N–H and O–H groups in total. The maximum Gasteiger partial charge on any atom is 0.337 e. The zero-order valence-electron chi connectivity index (χ0n) is 10.7. The predicted octanol–water partition coefficient (Wildman–Crippen LogP) is 2.47. The maximum absolute atomic E-state index is 12.1. The largest absolute Gasteiger partial charge is 0.508 e. The number of hydrogen-bond acceptors (Lipinski definition) is 3. The molecule has 0 bridgehead atoms. The number of hydrogen-bond donors (Lipinski definition) is 3. The second-order valence-electron chi connectivity index (χ2n) is 5.04. The van der Waals surface area contributed by atoms with Gasteiger partial charge in [-0.2, -0.15) is 0 Å². The number of phenolic OH excluding ortho intramolecular Hbond substituents is 1. The van der Waals surface area contributed by atoms with Gasteiger partial charge in [0, 0.05) is 5.92 Å². The van der Waals surface area contributed by atoms with Crippen LogP contribution in [0.1, 0.15) is 36.5 Å². The minimum absolute atomic E-state index is 0.0598. The van der Waals surface area contributed by atoms with Crippen LogP contribution in [0.25, 0.3) is 0 Å². The molecule has 1 aliphatic carbocycles. The zero-order valence-corrected chi connectivity index (χ0v) is 10.7. The number of aromatic carboxylic acids is 1. The molecule has 0 aromatic heterocycles. The minimum Gasteiger partial charge on any atom is -0.508 e. The number of carboxylic acid groups (broad SMARTS) is 1. The molecule has 1 amide bonds. The molecule has 5 heteroatoms. The number of carboxylic acids is 1. The molecule has 102 valence electrons. The van der Waals surface area contributed by atoms with Crippen molar-refractivity contribution in [3.8, 4) is 5.75 Å². The Balaban J connectivity index is 2.19. The van der Waals surface area contributed by atoms with E-state index in [1.807, 2.05) is 6.92 Å². The number of carbonyl (C=O) groups is 2. The standard InChI is InChI=1S/C14H17NO4/c1-8-3-2-4-10(8)13(17)15-12-6-5-9(16)7-11(12)14(18)19/h5-8,10,16H,2-4H2,1H3,(H,15,17)(H,18,19). The molecule has 19 heavy (non-hydrogen) atoms. The van der Waals surface area contributed by atoms with Crippen LogP contribution in [0.15, 0.2) is 18.2 Å². The van der Waals surface area contributed by atoms with E-state index in [1.165, 1.54) is 12.1 Å². The van der Waals surface area contributed by atoms with E-state index in [4.69, 9.17) is 5.11 Å². The summed E-state index contributed by atoms with van der Waals surface area (Å²) in [5.74, 6) is -1.19. The van der Waals surface area contributed by atoms with E-state index in [0.717, 1.165) is 25.3 Å². The molecule has 1 aromatic rings. The van der Waals surface area contributed by atoms with Gasteiger partial charge in [0.1, 0.15) is 5.75 Å². The first-order valence-electron chi connectivity index (χ1n) is 6.36. The number of aromatic hydroxyl groups is 1. The number of anilines is 1. The third kappa shape index (κ3) is 2.86. The van der Waals surface area contributed by atoms with E-state index in [1.54, 1.807) is 0 Å². The Morgan fingerprint density at radius 3 is 2.63 bits per heavy atom. The third-order valence-electron chi connectivity index (χ3n) is 3.69. The summed E-state index contributed by atoms with van der Waals surface area (Å²) in [5, 5.41) is 21.0. The zero-order chi connectivity index (χ0) is 14.0. The Morgan fingerprint density at radius 1 is 1.32 bits per heavy atom. The van der Waals surface area contributed by atoms with E-state index >= 15 is 0 Å². The van der Waals surface area contributed by atoms with Gasteiger partial charge in [-0.15, -0.1) is 0 Å². The lowest BCUT2D eigenvalue weighted by Gasteiger charge is -2.16. The monoisotopic (exact) mass is 263 g/mol. The maximum atomic E-state index is 12.1. The van der Waals surface area contributed by atoms with Gasteiger partial charge in [0.25, 0.3) is 0 Å². The fourth-order valence-corrected chi connectivity index (χ4v) is 2.58. The summed E-state index contributed by atoms with van der Waals surface area (Å²) in [4.78, 5) is 23.2. The molecule has 0 aliphatic heterocycles. The van der Waals surface area contributed by atoms with Gasteiger partial charge in [0.15, 0.2) is 0 Å². The smallest absolute Gasteiger partial charge is 0.337 e. The molecule has 1 fully saturated rings. The number of benzene rings is 1. The van der Waals surface area contributed by atoms with Crippen LogP contribution >= 0.6 is 0 Å². The molecule has 0 radical (unpaired) electrons. The second kappa shape index (κ2) is 5.30. The molecule has 1 saturated carbocycles. The number of amides is 1. The highest BCUT2D eigenvalue weighted by molar-refractivity contribution is 6.01. The predicted molar refractivity (Wildman–Crippen MR) is 70.2 cm³/mol. The van der Waals surface area contributed by atoms with Crippen LogP contribution in [0.5, 0.6) is 5.75 Å². The normalized spacial score (nSPS) is 22.2. The van der Waals surface area contributed by atoms with Gasteiger partial charge < -0.3 is 15.5 Å². The van der Waals surface area contributed by atoms with E-state index in [9.17, 15) is 14.7 Å². The second-order valence-corrected chi connectivity index (χ2v) is 5.04.